The minimum absolute atomic E-state index is 0.0666. The first-order valence-corrected chi connectivity index (χ1v) is 9.66. The molecule has 1 amide bonds. The Bertz CT molecular complexity index is 601. The van der Waals surface area contributed by atoms with Crippen LogP contribution in [0.2, 0.25) is 0 Å². The van der Waals surface area contributed by atoms with Crippen LogP contribution in [0.15, 0.2) is 30.3 Å². The number of para-hydroxylation sites is 1. The highest BCUT2D eigenvalue weighted by molar-refractivity contribution is 7.90. The van der Waals surface area contributed by atoms with Crippen molar-refractivity contribution in [3.05, 3.63) is 30.3 Å². The number of hydrogen-bond donors (Lipinski definition) is 0. The van der Waals surface area contributed by atoms with Gasteiger partial charge in [0.15, 0.2) is 0 Å². The van der Waals surface area contributed by atoms with E-state index in [-0.39, 0.29) is 24.1 Å². The molecule has 2 rings (SSSR count). The standard InChI is InChI=1S/C16H24N2O3S/c1-17(16(19)10-12-22(2,20)21)15-9-6-11-18(13-15)14-7-4-3-5-8-14/h3-5,7-8,15H,6,9-13H2,1-2H3/t15-/m0/s1. The van der Waals surface area contributed by atoms with Gasteiger partial charge in [-0.3, -0.25) is 4.79 Å². The lowest BCUT2D eigenvalue weighted by Crippen LogP contribution is -2.48. The molecule has 0 aliphatic carbocycles. The normalized spacial score (nSPS) is 19.0. The average molecular weight is 324 g/mol. The third-order valence-electron chi connectivity index (χ3n) is 4.15. The molecule has 1 heterocycles. The van der Waals surface area contributed by atoms with E-state index in [0.717, 1.165) is 32.2 Å². The molecule has 1 aliphatic rings. The number of anilines is 1. The van der Waals surface area contributed by atoms with Crippen LogP contribution in [0, 0.1) is 0 Å². The van der Waals surface area contributed by atoms with Gasteiger partial charge in [-0.2, -0.15) is 0 Å². The summed E-state index contributed by atoms with van der Waals surface area (Å²) < 4.78 is 22.4. The highest BCUT2D eigenvalue weighted by atomic mass is 32.2. The summed E-state index contributed by atoms with van der Waals surface area (Å²) in [6, 6.07) is 10.3. The van der Waals surface area contributed by atoms with Crippen molar-refractivity contribution in [3.8, 4) is 0 Å². The fourth-order valence-electron chi connectivity index (χ4n) is 2.80. The lowest BCUT2D eigenvalue weighted by Gasteiger charge is -2.39. The van der Waals surface area contributed by atoms with Crippen LogP contribution >= 0.6 is 0 Å². The molecule has 1 aliphatic heterocycles. The Morgan fingerprint density at radius 3 is 2.64 bits per heavy atom. The number of rotatable bonds is 5. The van der Waals surface area contributed by atoms with E-state index in [1.54, 1.807) is 11.9 Å². The second-order valence-electron chi connectivity index (χ2n) is 5.96. The molecule has 5 nitrogen and oxygen atoms in total. The average Bonchev–Trinajstić information content (AvgIpc) is 2.52. The van der Waals surface area contributed by atoms with Gasteiger partial charge in [0.25, 0.3) is 0 Å². The fourth-order valence-corrected chi connectivity index (χ4v) is 3.34. The van der Waals surface area contributed by atoms with E-state index >= 15 is 0 Å². The van der Waals surface area contributed by atoms with Gasteiger partial charge >= 0.3 is 0 Å². The Kier molecular flexibility index (Phi) is 5.45. The number of likely N-dealkylation sites (N-methyl/N-ethyl adjacent to an activating group) is 1. The van der Waals surface area contributed by atoms with E-state index in [4.69, 9.17) is 0 Å². The van der Waals surface area contributed by atoms with E-state index in [1.165, 1.54) is 5.69 Å². The van der Waals surface area contributed by atoms with E-state index in [2.05, 4.69) is 17.0 Å². The van der Waals surface area contributed by atoms with Gasteiger partial charge in [0, 0.05) is 44.5 Å². The summed E-state index contributed by atoms with van der Waals surface area (Å²) in [5.74, 6) is -0.170. The predicted octanol–water partition coefficient (Wildman–Crippen LogP) is 1.55. The maximum atomic E-state index is 12.2. The van der Waals surface area contributed by atoms with Crippen LogP contribution < -0.4 is 4.90 Å². The molecule has 1 atom stereocenters. The van der Waals surface area contributed by atoms with E-state index < -0.39 is 9.84 Å². The predicted molar refractivity (Wildman–Crippen MR) is 88.8 cm³/mol. The van der Waals surface area contributed by atoms with Gasteiger partial charge in [-0.05, 0) is 25.0 Å². The topological polar surface area (TPSA) is 57.7 Å². The zero-order chi connectivity index (χ0) is 16.2. The van der Waals surface area contributed by atoms with Crippen LogP contribution in [0.5, 0.6) is 0 Å². The second kappa shape index (κ2) is 7.13. The summed E-state index contributed by atoms with van der Waals surface area (Å²) >= 11 is 0. The van der Waals surface area contributed by atoms with Crippen LogP contribution in [-0.4, -0.2) is 57.4 Å². The lowest BCUT2D eigenvalue weighted by atomic mass is 10.0. The highest BCUT2D eigenvalue weighted by Crippen LogP contribution is 2.22. The molecule has 0 bridgehead atoms. The zero-order valence-electron chi connectivity index (χ0n) is 13.2. The fraction of sp³-hybridized carbons (Fsp3) is 0.562. The van der Waals surface area contributed by atoms with Crippen LogP contribution in [0.25, 0.3) is 0 Å². The number of sulfone groups is 1. The molecule has 122 valence electrons. The molecule has 1 fully saturated rings. The quantitative estimate of drug-likeness (QED) is 0.824. The maximum absolute atomic E-state index is 12.2. The first-order valence-electron chi connectivity index (χ1n) is 7.60. The van der Waals surface area contributed by atoms with Crippen molar-refractivity contribution >= 4 is 21.4 Å². The molecule has 0 radical (unpaired) electrons. The van der Waals surface area contributed by atoms with Crippen molar-refractivity contribution in [2.45, 2.75) is 25.3 Å². The number of benzene rings is 1. The van der Waals surface area contributed by atoms with Crippen molar-refractivity contribution in [2.24, 2.45) is 0 Å². The van der Waals surface area contributed by atoms with Gasteiger partial charge in [-0.25, -0.2) is 8.42 Å². The summed E-state index contributed by atoms with van der Waals surface area (Å²) in [4.78, 5) is 16.2. The number of amides is 1. The molecule has 1 saturated heterocycles. The van der Waals surface area contributed by atoms with Crippen LogP contribution in [0.4, 0.5) is 5.69 Å². The largest absolute Gasteiger partial charge is 0.369 e. The Morgan fingerprint density at radius 1 is 1.32 bits per heavy atom. The molecular weight excluding hydrogens is 300 g/mol. The van der Waals surface area contributed by atoms with Crippen LogP contribution in [-0.2, 0) is 14.6 Å². The SMILES string of the molecule is CN(C(=O)CCS(C)(=O)=O)[C@H]1CCCN(c2ccccc2)C1. The van der Waals surface area contributed by atoms with Crippen LogP contribution in [0.1, 0.15) is 19.3 Å². The van der Waals surface area contributed by atoms with Gasteiger partial charge in [-0.1, -0.05) is 18.2 Å². The van der Waals surface area contributed by atoms with Gasteiger partial charge < -0.3 is 9.80 Å². The van der Waals surface area contributed by atoms with Crippen molar-refractivity contribution in [2.75, 3.05) is 37.0 Å². The number of hydrogen-bond acceptors (Lipinski definition) is 4. The number of carbonyl (C=O) groups is 1. The first-order chi connectivity index (χ1) is 10.4. The summed E-state index contributed by atoms with van der Waals surface area (Å²) in [5, 5.41) is 0. The molecule has 1 aromatic rings. The van der Waals surface area contributed by atoms with Crippen molar-refractivity contribution in [1.82, 2.24) is 4.90 Å². The lowest BCUT2D eigenvalue weighted by molar-refractivity contribution is -0.131. The summed E-state index contributed by atoms with van der Waals surface area (Å²) in [6.45, 7) is 1.79. The van der Waals surface area contributed by atoms with Gasteiger partial charge in [0.05, 0.1) is 5.75 Å². The summed E-state index contributed by atoms with van der Waals surface area (Å²) in [5.41, 5.74) is 1.17. The molecule has 0 unspecified atom stereocenters. The Morgan fingerprint density at radius 2 is 2.00 bits per heavy atom. The number of nitrogens with zero attached hydrogens (tertiary/aromatic N) is 2. The molecule has 0 spiro atoms. The van der Waals surface area contributed by atoms with Gasteiger partial charge in [0.2, 0.25) is 5.91 Å². The first kappa shape index (κ1) is 16.8. The van der Waals surface area contributed by atoms with Crippen molar-refractivity contribution < 1.29 is 13.2 Å². The second-order valence-corrected chi connectivity index (χ2v) is 8.22. The zero-order valence-corrected chi connectivity index (χ0v) is 14.1. The number of piperidine rings is 1. The summed E-state index contributed by atoms with van der Waals surface area (Å²) in [7, 11) is -1.31. The minimum Gasteiger partial charge on any atom is -0.369 e. The molecule has 0 N–H and O–H groups in total. The van der Waals surface area contributed by atoms with E-state index in [0.29, 0.717) is 0 Å². The van der Waals surface area contributed by atoms with E-state index in [1.807, 2.05) is 18.2 Å². The maximum Gasteiger partial charge on any atom is 0.223 e. The highest BCUT2D eigenvalue weighted by Gasteiger charge is 2.26. The monoisotopic (exact) mass is 324 g/mol. The Labute approximate surface area is 132 Å². The minimum atomic E-state index is -3.10. The van der Waals surface area contributed by atoms with Gasteiger partial charge in [0.1, 0.15) is 9.84 Å². The van der Waals surface area contributed by atoms with Crippen molar-refractivity contribution in [3.63, 3.8) is 0 Å². The third kappa shape index (κ3) is 4.73. The van der Waals surface area contributed by atoms with Gasteiger partial charge in [-0.15, -0.1) is 0 Å². The number of carbonyl (C=O) groups excluding carboxylic acids is 1. The molecule has 22 heavy (non-hydrogen) atoms. The summed E-state index contributed by atoms with van der Waals surface area (Å²) in [6.07, 6.45) is 3.23. The molecule has 6 heteroatoms. The molecule has 0 aromatic heterocycles. The third-order valence-corrected chi connectivity index (χ3v) is 5.09. The molecular formula is C16H24N2O3S. The van der Waals surface area contributed by atoms with E-state index in [9.17, 15) is 13.2 Å². The molecule has 0 saturated carbocycles. The Hall–Kier alpha value is -1.56. The molecule has 1 aromatic carbocycles. The Balaban J connectivity index is 1.95. The van der Waals surface area contributed by atoms with Crippen molar-refractivity contribution in [1.29, 1.82) is 0 Å². The van der Waals surface area contributed by atoms with Crippen LogP contribution in [0.3, 0.4) is 0 Å². The smallest absolute Gasteiger partial charge is 0.223 e.